The van der Waals surface area contributed by atoms with Crippen molar-refractivity contribution >= 4 is 32.3 Å². The normalized spacial score (nSPS) is 12.8. The maximum absolute atomic E-state index is 2.32. The summed E-state index contributed by atoms with van der Waals surface area (Å²) in [5, 5.41) is 8.49. The lowest BCUT2D eigenvalue weighted by Crippen LogP contribution is -1.83. The van der Waals surface area contributed by atoms with Crippen LogP contribution in [0.1, 0.15) is 11.1 Å². The van der Waals surface area contributed by atoms with E-state index in [0.717, 1.165) is 0 Å². The maximum Gasteiger partial charge on any atom is -0.00264 e. The highest BCUT2D eigenvalue weighted by Crippen LogP contribution is 2.46. The Bertz CT molecular complexity index is 1610. The highest BCUT2D eigenvalue weighted by molar-refractivity contribution is 6.15. The first kappa shape index (κ1) is 17.7. The number of hydrogen-bond acceptors (Lipinski definition) is 0. The van der Waals surface area contributed by atoms with E-state index in [-0.39, 0.29) is 0 Å². The molecule has 0 nitrogen and oxygen atoms in total. The topological polar surface area (TPSA) is 0 Å². The van der Waals surface area contributed by atoms with Crippen LogP contribution >= 0.6 is 0 Å². The van der Waals surface area contributed by atoms with Crippen LogP contribution in [0.2, 0.25) is 0 Å². The zero-order valence-electron chi connectivity index (χ0n) is 17.8. The second kappa shape index (κ2) is 6.80. The van der Waals surface area contributed by atoms with E-state index in [9.17, 15) is 0 Å². The molecule has 6 aromatic rings. The van der Waals surface area contributed by atoms with E-state index in [1.54, 1.807) is 5.56 Å². The van der Waals surface area contributed by atoms with Crippen molar-refractivity contribution < 1.29 is 0 Å². The lowest BCUT2D eigenvalue weighted by Gasteiger charge is -2.06. The van der Waals surface area contributed by atoms with E-state index in [2.05, 4.69) is 109 Å². The SMILES string of the molecule is c1ccc2c(c1)-c1cccc3cccc-2c13.c1ccc2c3c4c(cccc4cc2c1)CC3. The highest BCUT2D eigenvalue weighted by Gasteiger charge is 2.19. The lowest BCUT2D eigenvalue weighted by atomic mass is 9.98. The Morgan fingerprint density at radius 2 is 1.00 bits per heavy atom. The van der Waals surface area contributed by atoms with Crippen LogP contribution in [0.25, 0.3) is 54.6 Å². The molecule has 2 aliphatic rings. The molecule has 0 bridgehead atoms. The van der Waals surface area contributed by atoms with Crippen LogP contribution in [0.4, 0.5) is 0 Å². The minimum absolute atomic E-state index is 1.21. The van der Waals surface area contributed by atoms with Crippen molar-refractivity contribution in [1.82, 2.24) is 0 Å². The largest absolute Gasteiger partial charge is 0.0616 e. The Balaban J connectivity index is 0.000000113. The molecular weight excluding hydrogens is 384 g/mol. The Morgan fingerprint density at radius 3 is 1.78 bits per heavy atom. The monoisotopic (exact) mass is 406 g/mol. The first-order chi connectivity index (χ1) is 15.9. The van der Waals surface area contributed by atoms with Gasteiger partial charge in [0.25, 0.3) is 0 Å². The van der Waals surface area contributed by atoms with E-state index >= 15 is 0 Å². The Morgan fingerprint density at radius 1 is 0.406 bits per heavy atom. The number of benzene rings is 6. The molecule has 0 radical (unpaired) electrons. The summed E-state index contributed by atoms with van der Waals surface area (Å²) in [5.74, 6) is 0. The summed E-state index contributed by atoms with van der Waals surface area (Å²) in [6.07, 6.45) is 2.41. The predicted octanol–water partition coefficient (Wildman–Crippen LogP) is 8.58. The van der Waals surface area contributed by atoms with Crippen LogP contribution in [0.15, 0.2) is 109 Å². The summed E-state index contributed by atoms with van der Waals surface area (Å²) >= 11 is 0. The molecule has 0 atom stereocenters. The molecule has 0 heteroatoms. The van der Waals surface area contributed by atoms with Crippen molar-refractivity contribution in [2.24, 2.45) is 0 Å². The van der Waals surface area contributed by atoms with E-state index < -0.39 is 0 Å². The molecule has 32 heavy (non-hydrogen) atoms. The third-order valence-electron chi connectivity index (χ3n) is 7.14. The van der Waals surface area contributed by atoms with Crippen LogP contribution in [-0.2, 0) is 12.8 Å². The smallest absolute Gasteiger partial charge is 0.00264 e. The molecular formula is C32H22. The summed E-state index contributed by atoms with van der Waals surface area (Å²) in [4.78, 5) is 0. The van der Waals surface area contributed by atoms with Crippen molar-refractivity contribution in [3.63, 3.8) is 0 Å². The third kappa shape index (κ3) is 2.50. The van der Waals surface area contributed by atoms with E-state index in [0.29, 0.717) is 0 Å². The molecule has 0 unspecified atom stereocenters. The number of fused-ring (bicyclic) bond motifs is 5. The fraction of sp³-hybridized carbons (Fsp3) is 0.0625. The number of rotatable bonds is 0. The van der Waals surface area contributed by atoms with Gasteiger partial charge in [-0.2, -0.15) is 0 Å². The summed E-state index contributed by atoms with van der Waals surface area (Å²) in [7, 11) is 0. The van der Waals surface area contributed by atoms with Gasteiger partial charge in [-0.05, 0) is 84.6 Å². The van der Waals surface area contributed by atoms with E-state index in [1.165, 1.54) is 73.0 Å². The Kier molecular flexibility index (Phi) is 3.77. The first-order valence-corrected chi connectivity index (χ1v) is 11.4. The summed E-state index contributed by atoms with van der Waals surface area (Å²) < 4.78 is 0. The maximum atomic E-state index is 2.32. The van der Waals surface area contributed by atoms with Gasteiger partial charge in [-0.1, -0.05) is 103 Å². The van der Waals surface area contributed by atoms with Gasteiger partial charge >= 0.3 is 0 Å². The molecule has 0 saturated heterocycles. The van der Waals surface area contributed by atoms with E-state index in [4.69, 9.17) is 0 Å². The van der Waals surface area contributed by atoms with Crippen molar-refractivity contribution in [1.29, 1.82) is 0 Å². The minimum atomic E-state index is 1.21. The first-order valence-electron chi connectivity index (χ1n) is 11.4. The molecule has 0 N–H and O–H groups in total. The number of hydrogen-bond donors (Lipinski definition) is 0. The molecule has 0 aromatic heterocycles. The van der Waals surface area contributed by atoms with Crippen molar-refractivity contribution in [2.45, 2.75) is 12.8 Å². The van der Waals surface area contributed by atoms with Crippen LogP contribution in [0, 0.1) is 0 Å². The van der Waals surface area contributed by atoms with Gasteiger partial charge < -0.3 is 0 Å². The molecule has 0 aliphatic heterocycles. The summed E-state index contributed by atoms with van der Waals surface area (Å²) in [6.45, 7) is 0. The lowest BCUT2D eigenvalue weighted by molar-refractivity contribution is 1.03. The van der Waals surface area contributed by atoms with Gasteiger partial charge in [0, 0.05) is 0 Å². The summed E-state index contributed by atoms with van der Waals surface area (Å²) in [5.41, 5.74) is 8.58. The van der Waals surface area contributed by atoms with Crippen LogP contribution in [-0.4, -0.2) is 0 Å². The van der Waals surface area contributed by atoms with Crippen molar-refractivity contribution in [3.8, 4) is 22.3 Å². The van der Waals surface area contributed by atoms with E-state index in [1.807, 2.05) is 0 Å². The average Bonchev–Trinajstić information content (AvgIpc) is 3.43. The van der Waals surface area contributed by atoms with Gasteiger partial charge in [-0.15, -0.1) is 0 Å². The zero-order chi connectivity index (χ0) is 21.1. The Hall–Kier alpha value is -3.90. The second-order valence-electron chi connectivity index (χ2n) is 8.85. The minimum Gasteiger partial charge on any atom is -0.0616 e. The molecule has 150 valence electrons. The van der Waals surface area contributed by atoms with Gasteiger partial charge in [0.2, 0.25) is 0 Å². The number of aryl methyl sites for hydroxylation is 2. The molecule has 0 fully saturated rings. The van der Waals surface area contributed by atoms with Gasteiger partial charge in [0.15, 0.2) is 0 Å². The zero-order valence-corrected chi connectivity index (χ0v) is 17.8. The predicted molar refractivity (Wildman–Crippen MR) is 137 cm³/mol. The van der Waals surface area contributed by atoms with Crippen LogP contribution in [0.5, 0.6) is 0 Å². The fourth-order valence-electron chi connectivity index (χ4n) is 5.78. The third-order valence-corrected chi connectivity index (χ3v) is 7.14. The second-order valence-corrected chi connectivity index (χ2v) is 8.85. The highest BCUT2D eigenvalue weighted by atomic mass is 14.2. The van der Waals surface area contributed by atoms with Gasteiger partial charge in [-0.3, -0.25) is 0 Å². The molecule has 0 amide bonds. The van der Waals surface area contributed by atoms with Crippen LogP contribution < -0.4 is 0 Å². The molecule has 6 aromatic carbocycles. The molecule has 0 spiro atoms. The molecule has 0 heterocycles. The van der Waals surface area contributed by atoms with Gasteiger partial charge in [0.1, 0.15) is 0 Å². The van der Waals surface area contributed by atoms with Gasteiger partial charge in [0.05, 0.1) is 0 Å². The molecule has 2 aliphatic carbocycles. The Labute approximate surface area is 187 Å². The van der Waals surface area contributed by atoms with Crippen LogP contribution in [0.3, 0.4) is 0 Å². The molecule has 0 saturated carbocycles. The van der Waals surface area contributed by atoms with Crippen molar-refractivity contribution in [3.05, 3.63) is 120 Å². The standard InChI is InChI=1S/C16H10.C16H12/c1-2-8-13-12(7-1)14-9-3-5-11-6-4-10-15(13)16(11)14;1-2-7-14-12(4-1)10-13-6-3-5-11-8-9-15(14)16(11)13/h1-10H;1-7,10H,8-9H2. The van der Waals surface area contributed by atoms with Crippen molar-refractivity contribution in [2.75, 3.05) is 0 Å². The fourth-order valence-corrected chi connectivity index (χ4v) is 5.78. The van der Waals surface area contributed by atoms with Gasteiger partial charge in [-0.25, -0.2) is 0 Å². The summed E-state index contributed by atoms with van der Waals surface area (Å²) in [6, 6.07) is 39.5. The quantitative estimate of drug-likeness (QED) is 0.221. The average molecular weight is 407 g/mol. The molecule has 8 rings (SSSR count).